The molecule has 0 aromatic heterocycles. The number of likely N-dealkylation sites (N-methyl/N-ethyl adjacent to an activating group) is 1. The van der Waals surface area contributed by atoms with Gasteiger partial charge in [0.15, 0.2) is 6.54 Å². The third-order valence-electron chi connectivity index (χ3n) is 6.98. The molecule has 0 saturated heterocycles. The number of rotatable bonds is 10. The Morgan fingerprint density at radius 3 is 2.44 bits per heavy atom. The van der Waals surface area contributed by atoms with Gasteiger partial charge >= 0.3 is 5.97 Å². The minimum atomic E-state index is -0.169. The summed E-state index contributed by atoms with van der Waals surface area (Å²) in [5.74, 6) is 0.628. The average molecular weight is 357 g/mol. The van der Waals surface area contributed by atoms with Crippen LogP contribution in [0, 0.1) is 16.7 Å². The lowest BCUT2D eigenvalue weighted by Gasteiger charge is -2.39. The molecular formula is C20H38NO4+. The van der Waals surface area contributed by atoms with Crippen LogP contribution in [0.1, 0.15) is 47.0 Å². The molecule has 2 saturated carbocycles. The lowest BCUT2D eigenvalue weighted by Crippen LogP contribution is -2.47. The van der Waals surface area contributed by atoms with Crippen LogP contribution in [0.3, 0.4) is 0 Å². The molecule has 0 N–H and O–H groups in total. The van der Waals surface area contributed by atoms with Gasteiger partial charge in [-0.15, -0.1) is 0 Å². The highest BCUT2D eigenvalue weighted by atomic mass is 16.6. The van der Waals surface area contributed by atoms with Crippen molar-refractivity contribution in [3.8, 4) is 0 Å². The summed E-state index contributed by atoms with van der Waals surface area (Å²) in [5, 5.41) is 0. The summed E-state index contributed by atoms with van der Waals surface area (Å²) in [7, 11) is 4.11. The molecule has 146 valence electrons. The van der Waals surface area contributed by atoms with E-state index < -0.39 is 0 Å². The Morgan fingerprint density at radius 1 is 1.16 bits per heavy atom. The normalized spacial score (nSPS) is 30.6. The average Bonchev–Trinajstić information content (AvgIpc) is 2.84. The van der Waals surface area contributed by atoms with Gasteiger partial charge in [-0.3, -0.25) is 0 Å². The Hall–Kier alpha value is -0.650. The molecule has 0 amide bonds. The van der Waals surface area contributed by atoms with Crippen LogP contribution < -0.4 is 0 Å². The summed E-state index contributed by atoms with van der Waals surface area (Å²) in [4.78, 5) is 11.9. The van der Waals surface area contributed by atoms with Crippen LogP contribution in [0.2, 0.25) is 0 Å². The van der Waals surface area contributed by atoms with E-state index >= 15 is 0 Å². The smallest absolute Gasteiger partial charge is 0.361 e. The number of hydrogen-bond acceptors (Lipinski definition) is 4. The number of ether oxygens (including phenoxy) is 3. The molecule has 2 fully saturated rings. The first-order chi connectivity index (χ1) is 11.6. The van der Waals surface area contributed by atoms with E-state index in [4.69, 9.17) is 14.2 Å². The topological polar surface area (TPSA) is 44.8 Å². The minimum absolute atomic E-state index is 0.169. The summed E-state index contributed by atoms with van der Waals surface area (Å²) in [5.41, 5.74) is 0.680. The molecule has 5 nitrogen and oxygen atoms in total. The highest BCUT2D eigenvalue weighted by Crippen LogP contribution is 2.66. The van der Waals surface area contributed by atoms with Gasteiger partial charge in [0.2, 0.25) is 0 Å². The van der Waals surface area contributed by atoms with E-state index in [9.17, 15) is 4.79 Å². The van der Waals surface area contributed by atoms with Crippen LogP contribution in [-0.4, -0.2) is 70.2 Å². The molecule has 0 aromatic carbocycles. The van der Waals surface area contributed by atoms with E-state index in [1.807, 2.05) is 6.92 Å². The van der Waals surface area contributed by atoms with Gasteiger partial charge in [-0.2, -0.15) is 0 Å². The predicted octanol–water partition coefficient (Wildman–Crippen LogP) is 2.87. The third kappa shape index (κ3) is 4.55. The molecule has 25 heavy (non-hydrogen) atoms. The van der Waals surface area contributed by atoms with E-state index in [-0.39, 0.29) is 5.97 Å². The van der Waals surface area contributed by atoms with Gasteiger partial charge in [0.25, 0.3) is 0 Å². The Bertz CT molecular complexity index is 463. The van der Waals surface area contributed by atoms with Gasteiger partial charge in [-0.05, 0) is 42.9 Å². The minimum Gasteiger partial charge on any atom is -0.459 e. The van der Waals surface area contributed by atoms with Gasteiger partial charge in [-0.25, -0.2) is 4.79 Å². The van der Waals surface area contributed by atoms with Crippen molar-refractivity contribution in [2.24, 2.45) is 16.7 Å². The van der Waals surface area contributed by atoms with E-state index in [0.717, 1.165) is 12.5 Å². The fourth-order valence-corrected chi connectivity index (χ4v) is 4.66. The Kier molecular flexibility index (Phi) is 6.55. The fraction of sp³-hybridized carbons (Fsp3) is 0.950. The van der Waals surface area contributed by atoms with Gasteiger partial charge in [0, 0.05) is 6.61 Å². The van der Waals surface area contributed by atoms with Gasteiger partial charge < -0.3 is 18.7 Å². The van der Waals surface area contributed by atoms with Crippen LogP contribution in [0.25, 0.3) is 0 Å². The Labute approximate surface area is 153 Å². The van der Waals surface area contributed by atoms with E-state index in [0.29, 0.717) is 54.4 Å². The van der Waals surface area contributed by atoms with Crippen molar-refractivity contribution in [2.75, 3.05) is 53.6 Å². The molecule has 2 aliphatic rings. The van der Waals surface area contributed by atoms with Crippen LogP contribution in [0.15, 0.2) is 0 Å². The molecule has 5 heteroatoms. The maximum Gasteiger partial charge on any atom is 0.361 e. The zero-order valence-corrected chi connectivity index (χ0v) is 17.1. The lowest BCUT2D eigenvalue weighted by atomic mass is 9.70. The molecule has 0 aromatic rings. The van der Waals surface area contributed by atoms with Crippen LogP contribution >= 0.6 is 0 Å². The predicted molar refractivity (Wildman–Crippen MR) is 98.3 cm³/mol. The number of carbonyl (C=O) groups excluding carboxylic acids is 1. The largest absolute Gasteiger partial charge is 0.459 e. The van der Waals surface area contributed by atoms with Crippen molar-refractivity contribution in [3.63, 3.8) is 0 Å². The molecule has 0 radical (unpaired) electrons. The Balaban J connectivity index is 1.71. The summed E-state index contributed by atoms with van der Waals surface area (Å²) in [6.45, 7) is 12.5. The molecule has 0 unspecified atom stereocenters. The summed E-state index contributed by atoms with van der Waals surface area (Å²) >= 11 is 0. The highest BCUT2D eigenvalue weighted by Gasteiger charge is 2.61. The number of quaternary nitrogens is 1. The van der Waals surface area contributed by atoms with E-state index in [1.54, 1.807) is 0 Å². The molecule has 0 spiro atoms. The van der Waals surface area contributed by atoms with Crippen molar-refractivity contribution in [2.45, 2.75) is 53.1 Å². The number of esters is 1. The second kappa shape index (κ2) is 7.93. The second-order valence-corrected chi connectivity index (χ2v) is 9.20. The van der Waals surface area contributed by atoms with Gasteiger partial charge in [-0.1, -0.05) is 20.8 Å². The van der Waals surface area contributed by atoms with E-state index in [2.05, 4.69) is 34.9 Å². The highest BCUT2D eigenvalue weighted by molar-refractivity contribution is 5.70. The van der Waals surface area contributed by atoms with Crippen LogP contribution in [0.5, 0.6) is 0 Å². The first kappa shape index (κ1) is 20.7. The maximum absolute atomic E-state index is 11.9. The van der Waals surface area contributed by atoms with Crippen molar-refractivity contribution >= 4 is 5.97 Å². The Morgan fingerprint density at radius 2 is 1.88 bits per heavy atom. The monoisotopic (exact) mass is 356 g/mol. The first-order valence-corrected chi connectivity index (χ1v) is 9.79. The number of fused-ring (bicyclic) bond motifs is 2. The first-order valence-electron chi connectivity index (χ1n) is 9.79. The summed E-state index contributed by atoms with van der Waals surface area (Å²) < 4.78 is 17.3. The zero-order valence-electron chi connectivity index (χ0n) is 17.1. The second-order valence-electron chi connectivity index (χ2n) is 9.20. The van der Waals surface area contributed by atoms with Crippen molar-refractivity contribution in [1.82, 2.24) is 0 Å². The summed E-state index contributed by atoms with van der Waals surface area (Å²) in [6.07, 6.45) is 4.17. The van der Waals surface area contributed by atoms with Crippen LogP contribution in [-0.2, 0) is 19.0 Å². The molecular weight excluding hydrogens is 318 g/mol. The lowest BCUT2D eigenvalue weighted by molar-refractivity contribution is -0.883. The SMILES string of the molecule is CCOCCOC(=O)C[N+](C)(C)CCO[C@H]1C[C@@H]2CC[C@]1(C)C2(C)C. The van der Waals surface area contributed by atoms with Gasteiger partial charge in [0.05, 0.1) is 33.4 Å². The molecule has 2 rings (SSSR count). The van der Waals surface area contributed by atoms with Crippen LogP contribution in [0.4, 0.5) is 0 Å². The summed E-state index contributed by atoms with van der Waals surface area (Å²) in [6, 6.07) is 0. The fourth-order valence-electron chi connectivity index (χ4n) is 4.66. The third-order valence-corrected chi connectivity index (χ3v) is 6.98. The van der Waals surface area contributed by atoms with Crippen molar-refractivity contribution < 1.29 is 23.5 Å². The quantitative estimate of drug-likeness (QED) is 0.343. The van der Waals surface area contributed by atoms with Gasteiger partial charge in [0.1, 0.15) is 13.2 Å². The van der Waals surface area contributed by atoms with E-state index in [1.165, 1.54) is 19.3 Å². The van der Waals surface area contributed by atoms with Crippen molar-refractivity contribution in [1.29, 1.82) is 0 Å². The van der Waals surface area contributed by atoms with Crippen molar-refractivity contribution in [3.05, 3.63) is 0 Å². The molecule has 0 aliphatic heterocycles. The number of hydrogen-bond donors (Lipinski definition) is 0. The number of nitrogens with zero attached hydrogens (tertiary/aromatic N) is 1. The molecule has 0 heterocycles. The maximum atomic E-state index is 11.9. The molecule has 2 aliphatic carbocycles. The molecule has 2 bridgehead atoms. The standard InChI is InChI=1S/C20H38NO4/c1-7-23-12-13-25-18(22)15-21(5,6)10-11-24-17-14-16-8-9-20(17,4)19(16,2)3/h16-17H,7-15H2,1-6H3/q+1/t16-,17-,20-/m0/s1. The molecule has 3 atom stereocenters. The zero-order chi connectivity index (χ0) is 18.7. The number of carbonyl (C=O) groups is 1.